The van der Waals surface area contributed by atoms with E-state index in [9.17, 15) is 0 Å². The average molecular weight is 243 g/mol. The van der Waals surface area contributed by atoms with Crippen LogP contribution in [0.25, 0.3) is 11.1 Å². The molecule has 0 saturated heterocycles. The lowest BCUT2D eigenvalue weighted by atomic mass is 10.00. The number of benzene rings is 1. The Morgan fingerprint density at radius 2 is 2.11 bits per heavy atom. The molecular weight excluding hydrogens is 222 g/mol. The van der Waals surface area contributed by atoms with E-state index in [1.807, 2.05) is 10.9 Å². The van der Waals surface area contributed by atoms with Crippen LogP contribution in [0.1, 0.15) is 25.0 Å². The van der Waals surface area contributed by atoms with Gasteiger partial charge in [0.25, 0.3) is 0 Å². The summed E-state index contributed by atoms with van der Waals surface area (Å²) in [7, 11) is 0. The summed E-state index contributed by atoms with van der Waals surface area (Å²) in [5.41, 5.74) is 5.11. The molecule has 0 bridgehead atoms. The third-order valence-corrected chi connectivity index (χ3v) is 3.10. The molecule has 18 heavy (non-hydrogen) atoms. The molecule has 0 saturated carbocycles. The predicted molar refractivity (Wildman–Crippen MR) is 75.5 cm³/mol. The Kier molecular flexibility index (Phi) is 4.15. The molecule has 0 spiro atoms. The van der Waals surface area contributed by atoms with E-state index in [-0.39, 0.29) is 0 Å². The van der Waals surface area contributed by atoms with Crippen molar-refractivity contribution >= 4 is 0 Å². The molecule has 0 atom stereocenters. The van der Waals surface area contributed by atoms with Crippen molar-refractivity contribution in [2.45, 2.75) is 33.9 Å². The second-order valence-corrected chi connectivity index (χ2v) is 4.53. The molecule has 0 amide bonds. The van der Waals surface area contributed by atoms with Gasteiger partial charge in [-0.05, 0) is 31.5 Å². The molecule has 3 nitrogen and oxygen atoms in total. The minimum atomic E-state index is 0.906. The minimum absolute atomic E-state index is 0.906. The van der Waals surface area contributed by atoms with Crippen LogP contribution in [0.3, 0.4) is 0 Å². The highest BCUT2D eigenvalue weighted by atomic mass is 15.3. The number of nitrogens with zero attached hydrogens (tertiary/aromatic N) is 2. The molecule has 0 aliphatic carbocycles. The van der Waals surface area contributed by atoms with E-state index in [0.717, 1.165) is 19.6 Å². The summed E-state index contributed by atoms with van der Waals surface area (Å²) in [5, 5.41) is 7.75. The van der Waals surface area contributed by atoms with Crippen molar-refractivity contribution < 1.29 is 0 Å². The zero-order chi connectivity index (χ0) is 13.0. The molecule has 0 unspecified atom stereocenters. The molecule has 0 aliphatic heterocycles. The van der Waals surface area contributed by atoms with Gasteiger partial charge >= 0.3 is 0 Å². The first-order valence-corrected chi connectivity index (χ1v) is 6.57. The monoisotopic (exact) mass is 243 g/mol. The van der Waals surface area contributed by atoms with Crippen molar-refractivity contribution in [1.82, 2.24) is 15.1 Å². The summed E-state index contributed by atoms with van der Waals surface area (Å²) < 4.78 is 1.97. The normalized spacial score (nSPS) is 10.8. The van der Waals surface area contributed by atoms with Gasteiger partial charge in [0.05, 0.1) is 6.20 Å². The lowest BCUT2D eigenvalue weighted by molar-refractivity contribution is 0.660. The van der Waals surface area contributed by atoms with Gasteiger partial charge in [0.15, 0.2) is 0 Å². The summed E-state index contributed by atoms with van der Waals surface area (Å²) in [4.78, 5) is 0. The SMILES string of the molecule is CCNCc1ccc(C)cc1-c1cnn(CC)c1. The van der Waals surface area contributed by atoms with Crippen LogP contribution in [0, 0.1) is 6.92 Å². The quantitative estimate of drug-likeness (QED) is 0.875. The van der Waals surface area contributed by atoms with Crippen LogP contribution in [0.4, 0.5) is 0 Å². The summed E-state index contributed by atoms with van der Waals surface area (Å²) >= 11 is 0. The fraction of sp³-hybridized carbons (Fsp3) is 0.400. The van der Waals surface area contributed by atoms with Crippen LogP contribution >= 0.6 is 0 Å². The topological polar surface area (TPSA) is 29.9 Å². The first kappa shape index (κ1) is 12.8. The Morgan fingerprint density at radius 1 is 1.28 bits per heavy atom. The van der Waals surface area contributed by atoms with Crippen LogP contribution in [-0.4, -0.2) is 16.3 Å². The molecule has 3 heteroatoms. The Balaban J connectivity index is 2.37. The molecule has 0 radical (unpaired) electrons. The van der Waals surface area contributed by atoms with Crippen LogP contribution in [0.5, 0.6) is 0 Å². The van der Waals surface area contributed by atoms with Gasteiger partial charge in [0, 0.05) is 24.8 Å². The lowest BCUT2D eigenvalue weighted by Gasteiger charge is -2.09. The zero-order valence-electron chi connectivity index (χ0n) is 11.4. The third kappa shape index (κ3) is 2.79. The highest BCUT2D eigenvalue weighted by Crippen LogP contribution is 2.24. The predicted octanol–water partition coefficient (Wildman–Crippen LogP) is 2.99. The van der Waals surface area contributed by atoms with Gasteiger partial charge in [-0.3, -0.25) is 4.68 Å². The zero-order valence-corrected chi connectivity index (χ0v) is 11.4. The van der Waals surface area contributed by atoms with E-state index < -0.39 is 0 Å². The van der Waals surface area contributed by atoms with Gasteiger partial charge in [-0.1, -0.05) is 30.7 Å². The Labute approximate surface area is 109 Å². The van der Waals surface area contributed by atoms with Crippen LogP contribution < -0.4 is 5.32 Å². The van der Waals surface area contributed by atoms with Gasteiger partial charge in [0.1, 0.15) is 0 Å². The molecule has 2 aromatic rings. The fourth-order valence-corrected chi connectivity index (χ4v) is 2.05. The second-order valence-electron chi connectivity index (χ2n) is 4.53. The van der Waals surface area contributed by atoms with E-state index >= 15 is 0 Å². The number of nitrogens with one attached hydrogen (secondary N) is 1. The number of aryl methyl sites for hydroxylation is 2. The van der Waals surface area contributed by atoms with Crippen LogP contribution in [0.15, 0.2) is 30.6 Å². The molecule has 0 fully saturated rings. The summed E-state index contributed by atoms with van der Waals surface area (Å²) in [6.45, 7) is 9.17. The smallest absolute Gasteiger partial charge is 0.0568 e. The Bertz CT molecular complexity index is 514. The van der Waals surface area contributed by atoms with Crippen LogP contribution in [-0.2, 0) is 13.1 Å². The van der Waals surface area contributed by atoms with E-state index in [0.29, 0.717) is 0 Å². The Morgan fingerprint density at radius 3 is 2.78 bits per heavy atom. The van der Waals surface area contributed by atoms with Crippen molar-refractivity contribution in [3.63, 3.8) is 0 Å². The molecule has 1 aromatic heterocycles. The second kappa shape index (κ2) is 5.83. The molecule has 2 rings (SSSR count). The highest BCUT2D eigenvalue weighted by molar-refractivity contribution is 5.66. The summed E-state index contributed by atoms with van der Waals surface area (Å²) in [6.07, 6.45) is 4.07. The lowest BCUT2D eigenvalue weighted by Crippen LogP contribution is -2.12. The van der Waals surface area contributed by atoms with Gasteiger partial charge in [-0.15, -0.1) is 0 Å². The molecule has 96 valence electrons. The fourth-order valence-electron chi connectivity index (χ4n) is 2.05. The number of aromatic nitrogens is 2. The molecule has 1 heterocycles. The van der Waals surface area contributed by atoms with Gasteiger partial charge < -0.3 is 5.32 Å². The highest BCUT2D eigenvalue weighted by Gasteiger charge is 2.07. The van der Waals surface area contributed by atoms with Crippen molar-refractivity contribution in [3.8, 4) is 11.1 Å². The molecular formula is C15H21N3. The van der Waals surface area contributed by atoms with Gasteiger partial charge in [0.2, 0.25) is 0 Å². The summed E-state index contributed by atoms with van der Waals surface area (Å²) in [6, 6.07) is 6.61. The average Bonchev–Trinajstić information content (AvgIpc) is 2.86. The third-order valence-electron chi connectivity index (χ3n) is 3.10. The minimum Gasteiger partial charge on any atom is -0.313 e. The molecule has 1 N–H and O–H groups in total. The van der Waals surface area contributed by atoms with E-state index in [4.69, 9.17) is 0 Å². The molecule has 0 aliphatic rings. The van der Waals surface area contributed by atoms with Crippen molar-refractivity contribution in [1.29, 1.82) is 0 Å². The largest absolute Gasteiger partial charge is 0.313 e. The maximum absolute atomic E-state index is 4.36. The summed E-state index contributed by atoms with van der Waals surface area (Å²) in [5.74, 6) is 0. The maximum Gasteiger partial charge on any atom is 0.0568 e. The van der Waals surface area contributed by atoms with Crippen molar-refractivity contribution in [2.75, 3.05) is 6.54 Å². The maximum atomic E-state index is 4.36. The van der Waals surface area contributed by atoms with Crippen molar-refractivity contribution in [2.24, 2.45) is 0 Å². The van der Waals surface area contributed by atoms with Crippen molar-refractivity contribution in [3.05, 3.63) is 41.7 Å². The first-order valence-electron chi connectivity index (χ1n) is 6.57. The van der Waals surface area contributed by atoms with Crippen LogP contribution in [0.2, 0.25) is 0 Å². The van der Waals surface area contributed by atoms with E-state index in [1.165, 1.54) is 22.3 Å². The van der Waals surface area contributed by atoms with Gasteiger partial charge in [-0.2, -0.15) is 5.10 Å². The standard InChI is InChI=1S/C15H21N3/c1-4-16-9-13-7-6-12(3)8-15(13)14-10-17-18(5-2)11-14/h6-8,10-11,16H,4-5,9H2,1-3H3. The van der Waals surface area contributed by atoms with E-state index in [2.05, 4.69) is 55.6 Å². The Hall–Kier alpha value is -1.61. The number of rotatable bonds is 5. The number of hydrogen-bond donors (Lipinski definition) is 1. The van der Waals surface area contributed by atoms with E-state index in [1.54, 1.807) is 0 Å². The number of hydrogen-bond acceptors (Lipinski definition) is 2. The van der Waals surface area contributed by atoms with Gasteiger partial charge in [-0.25, -0.2) is 0 Å². The first-order chi connectivity index (χ1) is 8.74. The molecule has 1 aromatic carbocycles.